The number of carbonyl (C=O) groups excluding carboxylic acids is 1. The van der Waals surface area contributed by atoms with Gasteiger partial charge in [-0.1, -0.05) is 74.0 Å². The Kier molecular flexibility index (Phi) is 11.0. The van der Waals surface area contributed by atoms with Crippen molar-refractivity contribution in [2.24, 2.45) is 34.2 Å². The van der Waals surface area contributed by atoms with Crippen LogP contribution in [-0.2, 0) is 26.0 Å². The number of amidine groups is 1. The normalized spacial score (nSPS) is 20.9. The zero-order valence-electron chi connectivity index (χ0n) is 24.4. The summed E-state index contributed by atoms with van der Waals surface area (Å²) in [7, 11) is -4.12. The third-order valence-electron chi connectivity index (χ3n) is 8.19. The van der Waals surface area contributed by atoms with Gasteiger partial charge in [-0.2, -0.15) is 9.71 Å². The van der Waals surface area contributed by atoms with Crippen LogP contribution in [0.1, 0.15) is 38.2 Å². The zero-order chi connectivity index (χ0) is 31.0. The number of carboxylic acid groups (broad SMARTS) is 1. The highest BCUT2D eigenvalue weighted by atomic mass is 32.2. The Morgan fingerprint density at radius 2 is 1.74 bits per heavy atom. The average molecular weight is 608 g/mol. The number of nitrogens with one attached hydrogen (secondary N) is 2. The molecule has 0 spiro atoms. The van der Waals surface area contributed by atoms with Crippen LogP contribution in [0.25, 0.3) is 10.8 Å². The second-order valence-corrected chi connectivity index (χ2v) is 13.0. The maximum Gasteiger partial charge on any atom is 0.308 e. The molecule has 1 heterocycles. The number of piperidine rings is 1. The number of fused-ring (bicyclic) bond motifs is 1. The number of sulfonamides is 1. The summed E-state index contributed by atoms with van der Waals surface area (Å²) in [5, 5.41) is 15.0. The number of aliphatic imine (C=N–C) groups is 1. The van der Waals surface area contributed by atoms with Crippen LogP contribution in [-0.4, -0.2) is 56.4 Å². The van der Waals surface area contributed by atoms with Gasteiger partial charge in [0.25, 0.3) is 5.91 Å². The molecular weight excluding hydrogens is 566 g/mol. The lowest BCUT2D eigenvalue weighted by atomic mass is 9.74. The molecule has 5 atom stereocenters. The first-order valence-corrected chi connectivity index (χ1v) is 16.2. The van der Waals surface area contributed by atoms with Crippen LogP contribution in [0.5, 0.6) is 0 Å². The van der Waals surface area contributed by atoms with Crippen LogP contribution < -0.4 is 21.5 Å². The molecule has 0 aliphatic carbocycles. The number of nitrogens with two attached hydrogens (primary N) is 2. The summed E-state index contributed by atoms with van der Waals surface area (Å²) >= 11 is 0. The fourth-order valence-electron chi connectivity index (χ4n) is 5.87. The van der Waals surface area contributed by atoms with Crippen molar-refractivity contribution in [3.63, 3.8) is 0 Å². The fraction of sp³-hybridized carbons (Fsp3) is 0.406. The van der Waals surface area contributed by atoms with Crippen molar-refractivity contribution >= 4 is 38.5 Å². The van der Waals surface area contributed by atoms with Crippen LogP contribution in [0, 0.1) is 17.8 Å². The smallest absolute Gasteiger partial charge is 0.308 e. The van der Waals surface area contributed by atoms with Crippen LogP contribution in [0.3, 0.4) is 0 Å². The second kappa shape index (κ2) is 14.7. The monoisotopic (exact) mass is 607 g/mol. The van der Waals surface area contributed by atoms with Gasteiger partial charge in [0.15, 0.2) is 0 Å². The largest absolute Gasteiger partial charge is 0.481 e. The van der Waals surface area contributed by atoms with E-state index in [1.54, 1.807) is 24.3 Å². The summed E-state index contributed by atoms with van der Waals surface area (Å²) < 4.78 is 29.6. The first-order valence-electron chi connectivity index (χ1n) is 14.7. The Hall–Kier alpha value is -3.64. The number of hydrogen-bond acceptors (Lipinski definition) is 6. The minimum absolute atomic E-state index is 0.00254. The Labute approximate surface area is 253 Å². The van der Waals surface area contributed by atoms with Crippen molar-refractivity contribution in [2.45, 2.75) is 56.0 Å². The summed E-state index contributed by atoms with van der Waals surface area (Å²) in [5.41, 5.74) is 12.9. The molecule has 4 unspecified atom stereocenters. The Bertz CT molecular complexity index is 1550. The van der Waals surface area contributed by atoms with E-state index in [1.807, 2.05) is 49.4 Å². The standard InChI is InChI=1S/C32H41N5O5S/c1-21-16-18-35-29(26(32(39)40)13-7-8-17-33)28(21)30(34)36-31(38)27(19-22-9-3-2-4-10-22)37-43(41,42)25-15-14-23-11-5-6-12-24(23)20-25/h2-6,9-12,14-15,20-21,26-29,35,37H,7-8,13,16-19,33H2,1H3,(H,39,40)(H2,34,36,38)/t21?,26?,27-,28?,29?/m0/s1. The van der Waals surface area contributed by atoms with Crippen molar-refractivity contribution in [1.82, 2.24) is 10.0 Å². The van der Waals surface area contributed by atoms with Crippen LogP contribution >= 0.6 is 0 Å². The maximum atomic E-state index is 13.7. The van der Waals surface area contributed by atoms with Gasteiger partial charge in [-0.15, -0.1) is 0 Å². The molecule has 7 N–H and O–H groups in total. The van der Waals surface area contributed by atoms with E-state index in [9.17, 15) is 23.1 Å². The van der Waals surface area contributed by atoms with Crippen molar-refractivity contribution in [1.29, 1.82) is 0 Å². The van der Waals surface area contributed by atoms with E-state index in [0.717, 1.165) is 22.8 Å². The lowest BCUT2D eigenvalue weighted by molar-refractivity contribution is -0.143. The quantitative estimate of drug-likeness (QED) is 0.112. The predicted octanol–water partition coefficient (Wildman–Crippen LogP) is 3.06. The molecule has 10 nitrogen and oxygen atoms in total. The number of rotatable bonds is 13. The first kappa shape index (κ1) is 32.3. The molecule has 230 valence electrons. The molecule has 0 bridgehead atoms. The average Bonchev–Trinajstić information content (AvgIpc) is 2.98. The Balaban J connectivity index is 1.64. The molecule has 1 amide bonds. The highest BCUT2D eigenvalue weighted by molar-refractivity contribution is 7.89. The number of hydrogen-bond donors (Lipinski definition) is 5. The Morgan fingerprint density at radius 3 is 2.44 bits per heavy atom. The number of amides is 1. The van der Waals surface area contributed by atoms with Crippen molar-refractivity contribution in [3.8, 4) is 0 Å². The SMILES string of the molecule is CC1CCNC(C(CCCCN)C(=O)O)C1C(N)=NC(=O)[C@H](Cc1ccccc1)NS(=O)(=O)c1ccc2ccccc2c1. The summed E-state index contributed by atoms with van der Waals surface area (Å²) in [6.07, 6.45) is 2.55. The first-order chi connectivity index (χ1) is 20.6. The topological polar surface area (TPSA) is 177 Å². The van der Waals surface area contributed by atoms with Gasteiger partial charge in [-0.3, -0.25) is 9.59 Å². The van der Waals surface area contributed by atoms with Crippen molar-refractivity contribution < 1.29 is 23.1 Å². The minimum Gasteiger partial charge on any atom is -0.481 e. The molecule has 1 fully saturated rings. The number of carbonyl (C=O) groups is 2. The summed E-state index contributed by atoms with van der Waals surface area (Å²) in [6.45, 7) is 3.06. The summed E-state index contributed by atoms with van der Waals surface area (Å²) in [6, 6.07) is 19.5. The third-order valence-corrected chi connectivity index (χ3v) is 9.66. The fourth-order valence-corrected chi connectivity index (χ4v) is 7.09. The molecule has 0 radical (unpaired) electrons. The van der Waals surface area contributed by atoms with Crippen LogP contribution in [0.2, 0.25) is 0 Å². The number of carboxylic acids is 1. The molecule has 1 aliphatic rings. The Morgan fingerprint density at radius 1 is 1.05 bits per heavy atom. The van der Waals surface area contributed by atoms with E-state index < -0.39 is 45.8 Å². The second-order valence-electron chi connectivity index (χ2n) is 11.2. The van der Waals surface area contributed by atoms with Gasteiger partial charge < -0.3 is 21.9 Å². The summed E-state index contributed by atoms with van der Waals surface area (Å²) in [5.74, 6) is -2.99. The van der Waals surface area contributed by atoms with Crippen molar-refractivity contribution in [3.05, 3.63) is 78.4 Å². The van der Waals surface area contributed by atoms with E-state index in [2.05, 4.69) is 15.0 Å². The molecule has 3 aromatic rings. The minimum atomic E-state index is -4.12. The molecule has 3 aromatic carbocycles. The molecule has 4 rings (SSSR count). The molecule has 0 aromatic heterocycles. The number of benzene rings is 3. The van der Waals surface area contributed by atoms with Gasteiger partial charge in [0.2, 0.25) is 10.0 Å². The highest BCUT2D eigenvalue weighted by Crippen LogP contribution is 2.31. The third kappa shape index (κ3) is 8.26. The zero-order valence-corrected chi connectivity index (χ0v) is 25.2. The molecular formula is C32H41N5O5S. The van der Waals surface area contributed by atoms with Crippen LogP contribution in [0.4, 0.5) is 0 Å². The van der Waals surface area contributed by atoms with E-state index in [0.29, 0.717) is 32.4 Å². The lowest BCUT2D eigenvalue weighted by Gasteiger charge is -2.40. The number of aliphatic carboxylic acids is 1. The molecule has 11 heteroatoms. The van der Waals surface area contributed by atoms with Crippen LogP contribution in [0.15, 0.2) is 82.7 Å². The van der Waals surface area contributed by atoms with E-state index in [-0.39, 0.29) is 23.1 Å². The van der Waals surface area contributed by atoms with E-state index in [1.165, 1.54) is 6.07 Å². The maximum absolute atomic E-state index is 13.7. The van der Waals surface area contributed by atoms with E-state index >= 15 is 0 Å². The summed E-state index contributed by atoms with van der Waals surface area (Å²) in [4.78, 5) is 30.3. The molecule has 0 saturated carbocycles. The van der Waals surface area contributed by atoms with Crippen molar-refractivity contribution in [2.75, 3.05) is 13.1 Å². The number of unbranched alkanes of at least 4 members (excludes halogenated alkanes) is 1. The molecule has 1 saturated heterocycles. The predicted molar refractivity (Wildman–Crippen MR) is 168 cm³/mol. The highest BCUT2D eigenvalue weighted by Gasteiger charge is 2.41. The van der Waals surface area contributed by atoms with Gasteiger partial charge in [0, 0.05) is 12.0 Å². The van der Waals surface area contributed by atoms with Gasteiger partial charge in [-0.05, 0) is 73.2 Å². The molecule has 43 heavy (non-hydrogen) atoms. The van der Waals surface area contributed by atoms with Gasteiger partial charge >= 0.3 is 5.97 Å². The molecule has 1 aliphatic heterocycles. The number of nitrogens with zero attached hydrogens (tertiary/aromatic N) is 1. The van der Waals surface area contributed by atoms with Gasteiger partial charge in [0.05, 0.1) is 10.8 Å². The van der Waals surface area contributed by atoms with Gasteiger partial charge in [0.1, 0.15) is 11.9 Å². The van der Waals surface area contributed by atoms with E-state index in [4.69, 9.17) is 11.5 Å². The lowest BCUT2D eigenvalue weighted by Crippen LogP contribution is -2.56. The van der Waals surface area contributed by atoms with Gasteiger partial charge in [-0.25, -0.2) is 8.42 Å².